The smallest absolute Gasteiger partial charge is 0.273 e. The largest absolute Gasteiger partial charge is 0.507 e. The molecule has 1 aliphatic rings. The lowest BCUT2D eigenvalue weighted by atomic mass is 9.94. The Balaban J connectivity index is 1.91. The van der Waals surface area contributed by atoms with Crippen LogP contribution >= 0.6 is 0 Å². The summed E-state index contributed by atoms with van der Waals surface area (Å²) in [5.41, 5.74) is 4.81. The van der Waals surface area contributed by atoms with Gasteiger partial charge in [0, 0.05) is 17.7 Å². The van der Waals surface area contributed by atoms with Gasteiger partial charge in [0.15, 0.2) is 0 Å². The highest BCUT2D eigenvalue weighted by Crippen LogP contribution is 2.45. The Morgan fingerprint density at radius 3 is 2.59 bits per heavy atom. The zero-order chi connectivity index (χ0) is 20.7. The van der Waals surface area contributed by atoms with Gasteiger partial charge < -0.3 is 19.8 Å². The Hall–Kier alpha value is -3.32. The van der Waals surface area contributed by atoms with Gasteiger partial charge in [0.2, 0.25) is 0 Å². The summed E-state index contributed by atoms with van der Waals surface area (Å²) in [6.45, 7) is 3.83. The van der Waals surface area contributed by atoms with Crippen LogP contribution in [0.2, 0.25) is 0 Å². The number of carbonyl (C=O) groups excluding carboxylic acids is 1. The standard InChI is InChI=1S/C22H23N3O4/c1-12-10-13(2)21(27)16(11-12)18-17-19(24-23-18)22(28)25(8-9-26)20(17)14-4-6-15(29-3)7-5-14/h4-7,10-11,20,26-27H,8-9H2,1-3H3,(H,23,24). The summed E-state index contributed by atoms with van der Waals surface area (Å²) >= 11 is 0. The van der Waals surface area contributed by atoms with Crippen LogP contribution in [0.3, 0.4) is 0 Å². The van der Waals surface area contributed by atoms with Crippen molar-refractivity contribution in [3.63, 3.8) is 0 Å². The van der Waals surface area contributed by atoms with E-state index in [1.807, 2.05) is 50.2 Å². The number of methoxy groups -OCH3 is 1. The first-order valence-electron chi connectivity index (χ1n) is 9.40. The average Bonchev–Trinajstić information content (AvgIpc) is 3.25. The monoisotopic (exact) mass is 393 g/mol. The molecule has 1 aromatic heterocycles. The maximum atomic E-state index is 13.0. The summed E-state index contributed by atoms with van der Waals surface area (Å²) in [5, 5.41) is 27.4. The number of benzene rings is 2. The molecule has 150 valence electrons. The van der Waals surface area contributed by atoms with E-state index in [1.165, 1.54) is 0 Å². The predicted molar refractivity (Wildman–Crippen MR) is 108 cm³/mol. The van der Waals surface area contributed by atoms with Crippen LogP contribution in [0.15, 0.2) is 36.4 Å². The molecular formula is C22H23N3O4. The second kappa shape index (κ2) is 7.25. The molecule has 7 nitrogen and oxygen atoms in total. The summed E-state index contributed by atoms with van der Waals surface area (Å²) < 4.78 is 5.24. The SMILES string of the molecule is COc1ccc(C2c3c(-c4cc(C)cc(C)c4O)n[nH]c3C(=O)N2CCO)cc1. The van der Waals surface area contributed by atoms with Crippen molar-refractivity contribution in [2.45, 2.75) is 19.9 Å². The third-order valence-electron chi connectivity index (χ3n) is 5.34. The highest BCUT2D eigenvalue weighted by molar-refractivity contribution is 6.00. The normalized spacial score (nSPS) is 15.7. The molecule has 0 radical (unpaired) electrons. The van der Waals surface area contributed by atoms with E-state index in [0.717, 1.165) is 16.7 Å². The molecule has 0 aliphatic carbocycles. The van der Waals surface area contributed by atoms with E-state index in [2.05, 4.69) is 10.2 Å². The number of nitrogens with zero attached hydrogens (tertiary/aromatic N) is 2. The van der Waals surface area contributed by atoms with Gasteiger partial charge in [-0.15, -0.1) is 0 Å². The maximum absolute atomic E-state index is 13.0. The number of aryl methyl sites for hydroxylation is 2. The third kappa shape index (κ3) is 3.03. The molecule has 29 heavy (non-hydrogen) atoms. The number of aromatic nitrogens is 2. The minimum absolute atomic E-state index is 0.145. The summed E-state index contributed by atoms with van der Waals surface area (Å²) in [6, 6.07) is 10.8. The quantitative estimate of drug-likeness (QED) is 0.619. The van der Waals surface area contributed by atoms with Gasteiger partial charge in [-0.3, -0.25) is 9.89 Å². The van der Waals surface area contributed by atoms with Crippen molar-refractivity contribution in [2.75, 3.05) is 20.3 Å². The number of aromatic hydroxyl groups is 1. The van der Waals surface area contributed by atoms with Crippen LogP contribution in [-0.2, 0) is 0 Å². The Morgan fingerprint density at radius 2 is 1.93 bits per heavy atom. The van der Waals surface area contributed by atoms with Crippen molar-refractivity contribution < 1.29 is 19.7 Å². The zero-order valence-electron chi connectivity index (χ0n) is 16.6. The minimum atomic E-state index is -0.426. The molecule has 3 N–H and O–H groups in total. The number of aliphatic hydroxyl groups is 1. The Morgan fingerprint density at radius 1 is 1.21 bits per heavy atom. The van der Waals surface area contributed by atoms with Crippen LogP contribution in [0.4, 0.5) is 0 Å². The molecule has 1 amide bonds. The summed E-state index contributed by atoms with van der Waals surface area (Å²) in [4.78, 5) is 14.6. The number of fused-ring (bicyclic) bond motifs is 1. The van der Waals surface area contributed by atoms with E-state index < -0.39 is 6.04 Å². The van der Waals surface area contributed by atoms with Crippen LogP contribution in [0.25, 0.3) is 11.3 Å². The molecule has 0 saturated heterocycles. The highest BCUT2D eigenvalue weighted by atomic mass is 16.5. The van der Waals surface area contributed by atoms with E-state index in [9.17, 15) is 15.0 Å². The Labute approximate surface area is 168 Å². The van der Waals surface area contributed by atoms with Crippen LogP contribution in [0.1, 0.15) is 38.8 Å². The summed E-state index contributed by atoms with van der Waals surface area (Å²) in [6.07, 6.45) is 0. The van der Waals surface area contributed by atoms with Crippen molar-refractivity contribution in [3.8, 4) is 22.8 Å². The Bertz CT molecular complexity index is 1070. The molecule has 0 spiro atoms. The number of ether oxygens (including phenoxy) is 1. The molecular weight excluding hydrogens is 370 g/mol. The number of phenols is 1. The van der Waals surface area contributed by atoms with Crippen molar-refractivity contribution in [2.24, 2.45) is 0 Å². The summed E-state index contributed by atoms with van der Waals surface area (Å²) in [7, 11) is 1.60. The van der Waals surface area contributed by atoms with E-state index in [0.29, 0.717) is 28.3 Å². The molecule has 1 aliphatic heterocycles. The predicted octanol–water partition coefficient (Wildman–Crippen LogP) is 2.95. The number of aromatic amines is 1. The van der Waals surface area contributed by atoms with Gasteiger partial charge in [0.25, 0.3) is 5.91 Å². The summed E-state index contributed by atoms with van der Waals surface area (Å²) in [5.74, 6) is 0.635. The minimum Gasteiger partial charge on any atom is -0.507 e. The fraction of sp³-hybridized carbons (Fsp3) is 0.273. The topological polar surface area (TPSA) is 98.7 Å². The van der Waals surface area contributed by atoms with Crippen LogP contribution in [0, 0.1) is 13.8 Å². The first-order valence-corrected chi connectivity index (χ1v) is 9.40. The molecule has 2 heterocycles. The number of rotatable bonds is 5. The lowest BCUT2D eigenvalue weighted by Crippen LogP contribution is -2.32. The molecule has 1 atom stereocenters. The van der Waals surface area contributed by atoms with Gasteiger partial charge in [0.05, 0.1) is 19.8 Å². The first kappa shape index (κ1) is 19.0. The van der Waals surface area contributed by atoms with Gasteiger partial charge in [-0.05, 0) is 48.7 Å². The zero-order valence-corrected chi connectivity index (χ0v) is 16.6. The van der Waals surface area contributed by atoms with Crippen molar-refractivity contribution in [1.82, 2.24) is 15.1 Å². The molecule has 7 heteroatoms. The molecule has 2 aromatic carbocycles. The van der Waals surface area contributed by atoms with E-state index in [-0.39, 0.29) is 24.8 Å². The molecule has 1 unspecified atom stereocenters. The van der Waals surface area contributed by atoms with Gasteiger partial charge in [-0.1, -0.05) is 18.2 Å². The van der Waals surface area contributed by atoms with Gasteiger partial charge in [0.1, 0.15) is 22.9 Å². The number of carbonyl (C=O) groups is 1. The van der Waals surface area contributed by atoms with Crippen molar-refractivity contribution >= 4 is 5.91 Å². The Kier molecular flexibility index (Phi) is 4.76. The van der Waals surface area contributed by atoms with Crippen LogP contribution < -0.4 is 4.74 Å². The van der Waals surface area contributed by atoms with Crippen molar-refractivity contribution in [3.05, 3.63) is 64.3 Å². The number of β-amino-alcohol motifs (C(OH)–C–C–N with tert-alkyl or cyclic N) is 1. The fourth-order valence-corrected chi connectivity index (χ4v) is 4.01. The lowest BCUT2D eigenvalue weighted by Gasteiger charge is -2.26. The average molecular weight is 393 g/mol. The van der Waals surface area contributed by atoms with E-state index in [4.69, 9.17) is 4.74 Å². The van der Waals surface area contributed by atoms with Gasteiger partial charge in [-0.25, -0.2) is 0 Å². The van der Waals surface area contributed by atoms with E-state index >= 15 is 0 Å². The number of H-pyrrole nitrogens is 1. The van der Waals surface area contributed by atoms with E-state index in [1.54, 1.807) is 12.0 Å². The molecule has 3 aromatic rings. The third-order valence-corrected chi connectivity index (χ3v) is 5.34. The van der Waals surface area contributed by atoms with Gasteiger partial charge in [-0.2, -0.15) is 5.10 Å². The van der Waals surface area contributed by atoms with Crippen LogP contribution in [-0.4, -0.2) is 51.5 Å². The van der Waals surface area contributed by atoms with Gasteiger partial charge >= 0.3 is 0 Å². The molecule has 4 rings (SSSR count). The number of nitrogens with one attached hydrogen (secondary N) is 1. The number of amides is 1. The fourth-order valence-electron chi connectivity index (χ4n) is 4.01. The second-order valence-electron chi connectivity index (χ2n) is 7.24. The van der Waals surface area contributed by atoms with Crippen LogP contribution in [0.5, 0.6) is 11.5 Å². The molecule has 0 saturated carbocycles. The number of aliphatic hydroxyl groups excluding tert-OH is 1. The lowest BCUT2D eigenvalue weighted by molar-refractivity contribution is 0.0706. The molecule has 0 bridgehead atoms. The number of phenolic OH excluding ortho intramolecular Hbond substituents is 1. The number of hydrogen-bond donors (Lipinski definition) is 3. The highest BCUT2D eigenvalue weighted by Gasteiger charge is 2.42. The van der Waals surface area contributed by atoms with Crippen molar-refractivity contribution in [1.29, 1.82) is 0 Å². The second-order valence-corrected chi connectivity index (χ2v) is 7.24. The maximum Gasteiger partial charge on any atom is 0.273 e. The first-order chi connectivity index (χ1) is 14.0. The number of hydrogen-bond acceptors (Lipinski definition) is 5. The molecule has 0 fully saturated rings.